The molecule has 0 radical (unpaired) electrons. The Morgan fingerprint density at radius 1 is 0.885 bits per heavy atom. The Kier molecular flexibility index (Phi) is 5.74. The van der Waals surface area contributed by atoms with Crippen LogP contribution in [0.3, 0.4) is 0 Å². The minimum absolute atomic E-state index is 0.267. The highest BCUT2D eigenvalue weighted by molar-refractivity contribution is 6.20. The van der Waals surface area contributed by atoms with E-state index in [0.717, 1.165) is 27.4 Å². The van der Waals surface area contributed by atoms with Gasteiger partial charge in [-0.05, 0) is 12.1 Å². The number of hydrogen-bond donors (Lipinski definition) is 2. The summed E-state index contributed by atoms with van der Waals surface area (Å²) in [5, 5.41) is 5.36. The summed E-state index contributed by atoms with van der Waals surface area (Å²) in [6.45, 7) is 0. The SMILES string of the molecule is COC(=O)/C=C(C(=O)OC)/C(C(=O)OC)=C1\Nc2ccccc2NC1=O. The largest absolute Gasteiger partial charge is 0.466 e. The molecule has 1 heterocycles. The van der Waals surface area contributed by atoms with Crippen LogP contribution in [0.15, 0.2) is 47.2 Å². The van der Waals surface area contributed by atoms with Gasteiger partial charge in [0.2, 0.25) is 0 Å². The minimum atomic E-state index is -1.02. The summed E-state index contributed by atoms with van der Waals surface area (Å²) in [6, 6.07) is 6.74. The van der Waals surface area contributed by atoms with Gasteiger partial charge in [0.15, 0.2) is 0 Å². The molecule has 2 N–H and O–H groups in total. The van der Waals surface area contributed by atoms with E-state index in [2.05, 4.69) is 24.8 Å². The van der Waals surface area contributed by atoms with E-state index in [1.165, 1.54) is 0 Å². The summed E-state index contributed by atoms with van der Waals surface area (Å²) < 4.78 is 13.8. The van der Waals surface area contributed by atoms with Gasteiger partial charge in [0.1, 0.15) is 11.3 Å². The van der Waals surface area contributed by atoms with E-state index in [4.69, 9.17) is 0 Å². The van der Waals surface area contributed by atoms with E-state index in [0.29, 0.717) is 11.4 Å². The third kappa shape index (κ3) is 3.72. The molecule has 26 heavy (non-hydrogen) atoms. The number of benzene rings is 1. The maximum absolute atomic E-state index is 12.5. The Hall–Kier alpha value is -3.62. The molecule has 2 rings (SSSR count). The molecule has 0 fully saturated rings. The topological polar surface area (TPSA) is 120 Å². The fourth-order valence-electron chi connectivity index (χ4n) is 2.22. The van der Waals surface area contributed by atoms with E-state index >= 15 is 0 Å². The molecule has 1 aliphatic heterocycles. The van der Waals surface area contributed by atoms with Crippen LogP contribution in [0.5, 0.6) is 0 Å². The summed E-state index contributed by atoms with van der Waals surface area (Å²) >= 11 is 0. The standard InChI is InChI=1S/C17H16N2O7/c1-24-12(20)8-9(16(22)25-2)13(17(23)26-3)14-15(21)19-11-7-5-4-6-10(11)18-14/h4-8,18H,1-3H3,(H,19,21)/b9-8-,14-13+. The second-order valence-electron chi connectivity index (χ2n) is 4.94. The van der Waals surface area contributed by atoms with Crippen molar-refractivity contribution >= 4 is 35.2 Å². The van der Waals surface area contributed by atoms with Gasteiger partial charge in [-0.1, -0.05) is 12.1 Å². The molecule has 1 aromatic carbocycles. The number of hydrogen-bond acceptors (Lipinski definition) is 8. The zero-order valence-corrected chi connectivity index (χ0v) is 14.2. The summed E-state index contributed by atoms with van der Waals surface area (Å²) in [5.74, 6) is -3.63. The van der Waals surface area contributed by atoms with E-state index < -0.39 is 35.0 Å². The molecular formula is C17H16N2O7. The number of esters is 3. The van der Waals surface area contributed by atoms with Crippen LogP contribution in [0.25, 0.3) is 0 Å². The molecule has 0 unspecified atom stereocenters. The highest BCUT2D eigenvalue weighted by Gasteiger charge is 2.33. The molecule has 9 heteroatoms. The first-order chi connectivity index (χ1) is 12.4. The molecule has 0 aliphatic carbocycles. The van der Waals surface area contributed by atoms with Crippen LogP contribution in [0.4, 0.5) is 11.4 Å². The summed E-state index contributed by atoms with van der Waals surface area (Å²) in [5.41, 5.74) is -0.232. The molecule has 9 nitrogen and oxygen atoms in total. The Labute approximate surface area is 148 Å². The molecule has 0 spiro atoms. The van der Waals surface area contributed by atoms with E-state index in [9.17, 15) is 19.2 Å². The zero-order valence-electron chi connectivity index (χ0n) is 14.2. The van der Waals surface area contributed by atoms with E-state index in [-0.39, 0.29) is 5.70 Å². The Bertz CT molecular complexity index is 839. The molecule has 1 amide bonds. The monoisotopic (exact) mass is 360 g/mol. The smallest absolute Gasteiger partial charge is 0.341 e. The van der Waals surface area contributed by atoms with Gasteiger partial charge >= 0.3 is 17.9 Å². The van der Waals surface area contributed by atoms with Crippen LogP contribution >= 0.6 is 0 Å². The maximum Gasteiger partial charge on any atom is 0.341 e. The van der Waals surface area contributed by atoms with Crippen LogP contribution in [0, 0.1) is 0 Å². The van der Waals surface area contributed by atoms with Crippen molar-refractivity contribution in [3.05, 3.63) is 47.2 Å². The second-order valence-corrected chi connectivity index (χ2v) is 4.94. The number of carbonyl (C=O) groups excluding carboxylic acids is 4. The Morgan fingerprint density at radius 3 is 2.00 bits per heavy atom. The first-order valence-electron chi connectivity index (χ1n) is 7.31. The number of para-hydroxylation sites is 2. The first-order valence-corrected chi connectivity index (χ1v) is 7.31. The highest BCUT2D eigenvalue weighted by atomic mass is 16.5. The molecule has 1 aliphatic rings. The average Bonchev–Trinajstić information content (AvgIpc) is 2.66. The van der Waals surface area contributed by atoms with Gasteiger partial charge in [0.05, 0.1) is 38.3 Å². The van der Waals surface area contributed by atoms with Crippen molar-refractivity contribution < 1.29 is 33.4 Å². The number of rotatable bonds is 4. The van der Waals surface area contributed by atoms with Crippen LogP contribution < -0.4 is 10.6 Å². The molecule has 0 saturated carbocycles. The number of methoxy groups -OCH3 is 3. The van der Waals surface area contributed by atoms with Crippen molar-refractivity contribution in [3.8, 4) is 0 Å². The molecule has 0 saturated heterocycles. The van der Waals surface area contributed by atoms with Gasteiger partial charge in [0, 0.05) is 6.08 Å². The van der Waals surface area contributed by atoms with Crippen molar-refractivity contribution in [1.82, 2.24) is 0 Å². The van der Waals surface area contributed by atoms with Gasteiger partial charge in [-0.2, -0.15) is 0 Å². The summed E-state index contributed by atoms with van der Waals surface area (Å²) in [4.78, 5) is 48.5. The van der Waals surface area contributed by atoms with Crippen molar-refractivity contribution in [3.63, 3.8) is 0 Å². The molecule has 1 aromatic rings. The number of anilines is 2. The summed E-state index contributed by atoms with van der Waals surface area (Å²) in [7, 11) is 3.24. The fraction of sp³-hybridized carbons (Fsp3) is 0.176. The van der Waals surface area contributed by atoms with Crippen molar-refractivity contribution in [2.45, 2.75) is 0 Å². The zero-order chi connectivity index (χ0) is 19.3. The van der Waals surface area contributed by atoms with Gasteiger partial charge in [-0.15, -0.1) is 0 Å². The number of amides is 1. The van der Waals surface area contributed by atoms with Crippen LogP contribution in [0.2, 0.25) is 0 Å². The van der Waals surface area contributed by atoms with Gasteiger partial charge in [0.25, 0.3) is 5.91 Å². The Morgan fingerprint density at radius 2 is 1.46 bits per heavy atom. The first kappa shape index (κ1) is 18.7. The third-order valence-corrected chi connectivity index (χ3v) is 3.44. The van der Waals surface area contributed by atoms with Crippen molar-refractivity contribution in [2.24, 2.45) is 0 Å². The predicted octanol–water partition coefficient (Wildman–Crippen LogP) is 0.750. The number of ether oxygens (including phenoxy) is 3. The van der Waals surface area contributed by atoms with Gasteiger partial charge in [-0.25, -0.2) is 14.4 Å². The minimum Gasteiger partial charge on any atom is -0.466 e. The van der Waals surface area contributed by atoms with Crippen LogP contribution in [-0.4, -0.2) is 45.1 Å². The van der Waals surface area contributed by atoms with Gasteiger partial charge in [-0.3, -0.25) is 4.79 Å². The van der Waals surface area contributed by atoms with E-state index in [1.807, 2.05) is 0 Å². The highest BCUT2D eigenvalue weighted by Crippen LogP contribution is 2.30. The predicted molar refractivity (Wildman–Crippen MR) is 89.9 cm³/mol. The number of fused-ring (bicyclic) bond motifs is 1. The van der Waals surface area contributed by atoms with Gasteiger partial charge < -0.3 is 24.8 Å². The Balaban J connectivity index is 2.69. The van der Waals surface area contributed by atoms with Crippen LogP contribution in [-0.2, 0) is 33.4 Å². The van der Waals surface area contributed by atoms with Crippen molar-refractivity contribution in [2.75, 3.05) is 32.0 Å². The second kappa shape index (κ2) is 7.97. The third-order valence-electron chi connectivity index (χ3n) is 3.44. The van der Waals surface area contributed by atoms with Crippen LogP contribution in [0.1, 0.15) is 0 Å². The fourth-order valence-corrected chi connectivity index (χ4v) is 2.22. The normalized spacial score (nSPS) is 15.0. The van der Waals surface area contributed by atoms with Crippen molar-refractivity contribution in [1.29, 1.82) is 0 Å². The average molecular weight is 360 g/mol. The molecule has 0 bridgehead atoms. The maximum atomic E-state index is 12.5. The lowest BCUT2D eigenvalue weighted by Crippen LogP contribution is -2.31. The quantitative estimate of drug-likeness (QED) is 0.458. The molecule has 0 aromatic heterocycles. The number of nitrogens with one attached hydrogen (secondary N) is 2. The van der Waals surface area contributed by atoms with E-state index in [1.54, 1.807) is 24.3 Å². The summed E-state index contributed by atoms with van der Waals surface area (Å²) in [6.07, 6.45) is 0.751. The lowest BCUT2D eigenvalue weighted by molar-refractivity contribution is -0.140. The molecule has 0 atom stereocenters. The molecule has 136 valence electrons. The number of carbonyl (C=O) groups is 4. The lowest BCUT2D eigenvalue weighted by Gasteiger charge is -2.23. The lowest BCUT2D eigenvalue weighted by atomic mass is 10.0. The molecular weight excluding hydrogens is 344 g/mol.